The van der Waals surface area contributed by atoms with Crippen molar-refractivity contribution in [1.82, 2.24) is 10.6 Å². The molecule has 0 aliphatic carbocycles. The van der Waals surface area contributed by atoms with Gasteiger partial charge in [-0.05, 0) is 53.5 Å². The topological polar surface area (TPSA) is 131 Å². The van der Waals surface area contributed by atoms with Crippen LogP contribution in [0.15, 0.2) is 30.3 Å². The second-order valence-electron chi connectivity index (χ2n) is 9.16. The molecule has 1 aromatic carbocycles. The van der Waals surface area contributed by atoms with Crippen LogP contribution in [0.5, 0.6) is 0 Å². The number of carboxylic acid groups (broad SMARTS) is 1. The van der Waals surface area contributed by atoms with E-state index in [4.69, 9.17) is 9.47 Å². The first-order valence-electron chi connectivity index (χ1n) is 9.92. The van der Waals surface area contributed by atoms with E-state index in [0.717, 1.165) is 5.56 Å². The predicted octanol–water partition coefficient (Wildman–Crippen LogP) is 3.26. The highest BCUT2D eigenvalue weighted by molar-refractivity contribution is 5.89. The third-order valence-electron chi connectivity index (χ3n) is 4.05. The Bertz CT molecular complexity index is 749. The molecular formula is C22H32N2O7. The van der Waals surface area contributed by atoms with Gasteiger partial charge in [-0.2, -0.15) is 0 Å². The van der Waals surface area contributed by atoms with Crippen LogP contribution < -0.4 is 10.6 Å². The summed E-state index contributed by atoms with van der Waals surface area (Å²) >= 11 is 0. The minimum Gasteiger partial charge on any atom is -0.478 e. The maximum absolute atomic E-state index is 12.5. The molecule has 0 aliphatic rings. The van der Waals surface area contributed by atoms with Crippen LogP contribution in [-0.2, 0) is 25.5 Å². The normalized spacial score (nSPS) is 13.0. The summed E-state index contributed by atoms with van der Waals surface area (Å²) in [5, 5.41) is 14.7. The molecule has 0 heterocycles. The molecule has 172 valence electrons. The van der Waals surface area contributed by atoms with Crippen LogP contribution in [0.25, 0.3) is 0 Å². The van der Waals surface area contributed by atoms with Crippen LogP contribution in [-0.4, -0.2) is 46.4 Å². The molecule has 9 heteroatoms. The fourth-order valence-corrected chi connectivity index (χ4v) is 2.87. The second kappa shape index (κ2) is 10.3. The molecule has 0 saturated heterocycles. The highest BCUT2D eigenvalue weighted by atomic mass is 16.6. The Hall–Kier alpha value is -3.10. The summed E-state index contributed by atoms with van der Waals surface area (Å²) in [5.74, 6) is -2.60. The van der Waals surface area contributed by atoms with Gasteiger partial charge in [0.1, 0.15) is 17.5 Å². The van der Waals surface area contributed by atoms with Crippen molar-refractivity contribution >= 4 is 24.4 Å². The number of alkyl carbamates (subject to hydrolysis) is 2. The molecule has 9 nitrogen and oxygen atoms in total. The average molecular weight is 437 g/mol. The largest absolute Gasteiger partial charge is 0.478 e. The van der Waals surface area contributed by atoms with Crippen molar-refractivity contribution < 1.29 is 33.8 Å². The Labute approximate surface area is 182 Å². The summed E-state index contributed by atoms with van der Waals surface area (Å²) in [6.07, 6.45) is -1.76. The summed E-state index contributed by atoms with van der Waals surface area (Å²) in [4.78, 5) is 49.0. The lowest BCUT2D eigenvalue weighted by molar-refractivity contribution is -0.149. The van der Waals surface area contributed by atoms with E-state index in [1.807, 2.05) is 0 Å². The Morgan fingerprint density at radius 2 is 1.39 bits per heavy atom. The number of carbonyl (C=O) groups excluding carboxylic acids is 3. The Morgan fingerprint density at radius 1 is 0.935 bits per heavy atom. The van der Waals surface area contributed by atoms with Crippen molar-refractivity contribution in [2.45, 2.75) is 71.2 Å². The minimum absolute atomic E-state index is 0.0808. The standard InChI is InChI=1S/C22H32N2O7/c1-20(2,3)30-18(28)23-22(17(26)27,24-19(29)31-21(4,5)6)16(12-13-25)14-15-10-8-7-9-11-15/h7-11,13,16H,12,14H2,1-6H3,(H,23,28)(H,24,29)(H,26,27). The number of aliphatic carboxylic acids is 1. The predicted molar refractivity (Wildman–Crippen MR) is 113 cm³/mol. The number of carboxylic acids is 1. The van der Waals surface area contributed by atoms with Crippen molar-refractivity contribution in [3.8, 4) is 0 Å². The van der Waals surface area contributed by atoms with Crippen LogP contribution in [0.2, 0.25) is 0 Å². The van der Waals surface area contributed by atoms with Crippen molar-refractivity contribution in [2.75, 3.05) is 0 Å². The van der Waals surface area contributed by atoms with Gasteiger partial charge >= 0.3 is 18.2 Å². The zero-order chi connectivity index (χ0) is 23.9. The molecule has 0 saturated carbocycles. The van der Waals surface area contributed by atoms with Crippen LogP contribution in [0, 0.1) is 5.92 Å². The highest BCUT2D eigenvalue weighted by Crippen LogP contribution is 2.25. The molecule has 2 amide bonds. The van der Waals surface area contributed by atoms with Gasteiger partial charge in [-0.15, -0.1) is 0 Å². The number of hydrogen-bond donors (Lipinski definition) is 3. The number of ether oxygens (including phenoxy) is 2. The minimum atomic E-state index is -2.36. The van der Waals surface area contributed by atoms with Gasteiger partial charge in [0.2, 0.25) is 5.66 Å². The molecule has 3 N–H and O–H groups in total. The van der Waals surface area contributed by atoms with E-state index < -0.39 is 40.9 Å². The summed E-state index contributed by atoms with van der Waals surface area (Å²) in [5.41, 5.74) is -3.47. The second-order valence-corrected chi connectivity index (χ2v) is 9.16. The summed E-state index contributed by atoms with van der Waals surface area (Å²) in [6.45, 7) is 9.69. The van der Waals surface area contributed by atoms with Crippen molar-refractivity contribution in [3.05, 3.63) is 35.9 Å². The fourth-order valence-electron chi connectivity index (χ4n) is 2.87. The van der Waals surface area contributed by atoms with Gasteiger partial charge in [0.05, 0.1) is 0 Å². The van der Waals surface area contributed by atoms with E-state index in [0.29, 0.717) is 6.29 Å². The van der Waals surface area contributed by atoms with E-state index in [2.05, 4.69) is 10.6 Å². The van der Waals surface area contributed by atoms with Gasteiger partial charge in [0.25, 0.3) is 0 Å². The summed E-state index contributed by atoms with van der Waals surface area (Å²) in [6, 6.07) is 8.83. The van der Waals surface area contributed by atoms with Gasteiger partial charge in [-0.3, -0.25) is 10.6 Å². The van der Waals surface area contributed by atoms with Gasteiger partial charge in [0, 0.05) is 12.3 Å². The van der Waals surface area contributed by atoms with E-state index in [-0.39, 0.29) is 12.8 Å². The molecule has 0 fully saturated rings. The number of rotatable bonds is 8. The molecule has 0 radical (unpaired) electrons. The highest BCUT2D eigenvalue weighted by Gasteiger charge is 2.50. The van der Waals surface area contributed by atoms with Crippen molar-refractivity contribution in [3.63, 3.8) is 0 Å². The van der Waals surface area contributed by atoms with Crippen LogP contribution in [0.4, 0.5) is 9.59 Å². The van der Waals surface area contributed by atoms with E-state index >= 15 is 0 Å². The Kier molecular flexibility index (Phi) is 8.60. The van der Waals surface area contributed by atoms with Crippen LogP contribution >= 0.6 is 0 Å². The van der Waals surface area contributed by atoms with E-state index in [1.54, 1.807) is 71.9 Å². The lowest BCUT2D eigenvalue weighted by Gasteiger charge is -2.38. The molecule has 1 aromatic rings. The number of benzene rings is 1. The molecule has 1 atom stereocenters. The van der Waals surface area contributed by atoms with E-state index in [9.17, 15) is 24.3 Å². The van der Waals surface area contributed by atoms with Crippen LogP contribution in [0.1, 0.15) is 53.5 Å². The summed E-state index contributed by atoms with van der Waals surface area (Å²) < 4.78 is 10.4. The van der Waals surface area contributed by atoms with Gasteiger partial charge in [-0.25, -0.2) is 14.4 Å². The third-order valence-corrected chi connectivity index (χ3v) is 4.05. The van der Waals surface area contributed by atoms with Gasteiger partial charge < -0.3 is 19.4 Å². The first-order chi connectivity index (χ1) is 14.2. The molecular weight excluding hydrogens is 404 g/mol. The van der Waals surface area contributed by atoms with Crippen LogP contribution in [0.3, 0.4) is 0 Å². The molecule has 1 unspecified atom stereocenters. The van der Waals surface area contributed by atoms with E-state index in [1.165, 1.54) is 0 Å². The molecule has 1 rings (SSSR count). The zero-order valence-electron chi connectivity index (χ0n) is 18.9. The number of hydrogen-bond acceptors (Lipinski definition) is 6. The molecule has 0 spiro atoms. The van der Waals surface area contributed by atoms with Gasteiger partial charge in [0.15, 0.2) is 0 Å². The van der Waals surface area contributed by atoms with Gasteiger partial charge in [-0.1, -0.05) is 30.3 Å². The molecule has 0 bridgehead atoms. The monoisotopic (exact) mass is 436 g/mol. The lowest BCUT2D eigenvalue weighted by atomic mass is 9.84. The first kappa shape index (κ1) is 25.9. The Balaban J connectivity index is 3.42. The van der Waals surface area contributed by atoms with Crippen molar-refractivity contribution in [1.29, 1.82) is 0 Å². The maximum Gasteiger partial charge on any atom is 0.409 e. The molecule has 0 aromatic heterocycles. The average Bonchev–Trinajstić information content (AvgIpc) is 2.58. The molecule has 0 aliphatic heterocycles. The molecule has 31 heavy (non-hydrogen) atoms. The number of amides is 2. The number of carbonyl (C=O) groups is 4. The smallest absolute Gasteiger partial charge is 0.409 e. The summed E-state index contributed by atoms with van der Waals surface area (Å²) in [7, 11) is 0. The quantitative estimate of drug-likeness (QED) is 0.421. The Morgan fingerprint density at radius 3 is 1.74 bits per heavy atom. The van der Waals surface area contributed by atoms with Crippen molar-refractivity contribution in [2.24, 2.45) is 5.92 Å². The maximum atomic E-state index is 12.5. The lowest BCUT2D eigenvalue weighted by Crippen LogP contribution is -2.70. The fraction of sp³-hybridized carbons (Fsp3) is 0.545. The third kappa shape index (κ3) is 8.65. The number of aldehydes is 1. The number of nitrogens with one attached hydrogen (secondary N) is 2. The first-order valence-corrected chi connectivity index (χ1v) is 9.92. The SMILES string of the molecule is CC(C)(C)OC(=O)NC(NC(=O)OC(C)(C)C)(C(=O)O)C(CC=O)Cc1ccccc1. The zero-order valence-corrected chi connectivity index (χ0v) is 18.9.